The van der Waals surface area contributed by atoms with Crippen molar-refractivity contribution >= 4 is 11.6 Å². The van der Waals surface area contributed by atoms with Crippen LogP contribution in [0.3, 0.4) is 0 Å². The number of phenolic OH excluding ortho intramolecular Hbond substituents is 1. The first kappa shape index (κ1) is 11.8. The fraction of sp³-hybridized carbons (Fsp3) is 0.462. The highest BCUT2D eigenvalue weighted by atomic mass is 16.3. The number of aromatic hydroxyl groups is 1. The normalized spacial score (nSPS) is 15.6. The van der Waals surface area contributed by atoms with Crippen LogP contribution in [0.15, 0.2) is 18.2 Å². The Balaban J connectivity index is 2.16. The lowest BCUT2D eigenvalue weighted by molar-refractivity contribution is 0.0904. The van der Waals surface area contributed by atoms with Crippen molar-refractivity contribution in [1.29, 1.82) is 0 Å². The predicted octanol–water partition coefficient (Wildman–Crippen LogP) is 1.89. The monoisotopic (exact) mass is 234 g/mol. The van der Waals surface area contributed by atoms with E-state index in [2.05, 4.69) is 5.32 Å². The molecule has 2 rings (SSSR count). The van der Waals surface area contributed by atoms with Gasteiger partial charge in [-0.1, -0.05) is 0 Å². The van der Waals surface area contributed by atoms with Crippen LogP contribution in [0.5, 0.6) is 5.75 Å². The van der Waals surface area contributed by atoms with Gasteiger partial charge in [-0.05, 0) is 50.8 Å². The molecule has 0 unspecified atom stereocenters. The van der Waals surface area contributed by atoms with Gasteiger partial charge in [0.15, 0.2) is 0 Å². The van der Waals surface area contributed by atoms with Crippen molar-refractivity contribution in [2.24, 2.45) is 5.92 Å². The fourth-order valence-corrected chi connectivity index (χ4v) is 2.01. The average Bonchev–Trinajstić information content (AvgIpc) is 3.04. The minimum absolute atomic E-state index is 0.0496. The highest BCUT2D eigenvalue weighted by Gasteiger charge is 2.39. The van der Waals surface area contributed by atoms with E-state index in [1.807, 2.05) is 13.8 Å². The number of amides is 1. The highest BCUT2D eigenvalue weighted by Crippen LogP contribution is 2.39. The van der Waals surface area contributed by atoms with Crippen molar-refractivity contribution in [2.75, 3.05) is 5.73 Å². The molecule has 0 bridgehead atoms. The molecule has 1 aromatic rings. The number of carbonyl (C=O) groups excluding carboxylic acids is 1. The quantitative estimate of drug-likeness (QED) is 0.552. The number of nitrogens with one attached hydrogen (secondary N) is 1. The van der Waals surface area contributed by atoms with E-state index < -0.39 is 0 Å². The molecule has 0 atom stereocenters. The van der Waals surface area contributed by atoms with E-state index in [4.69, 9.17) is 5.73 Å². The van der Waals surface area contributed by atoms with Gasteiger partial charge >= 0.3 is 0 Å². The van der Waals surface area contributed by atoms with E-state index >= 15 is 0 Å². The number of hydrogen-bond donors (Lipinski definition) is 3. The molecule has 1 amide bonds. The van der Waals surface area contributed by atoms with Crippen LogP contribution in [-0.2, 0) is 0 Å². The lowest BCUT2D eigenvalue weighted by Crippen LogP contribution is -2.45. The van der Waals surface area contributed by atoms with Gasteiger partial charge in [0.1, 0.15) is 5.75 Å². The summed E-state index contributed by atoms with van der Waals surface area (Å²) in [4.78, 5) is 12.1. The smallest absolute Gasteiger partial charge is 0.253 e. The Morgan fingerprint density at radius 3 is 2.71 bits per heavy atom. The van der Waals surface area contributed by atoms with Crippen molar-refractivity contribution in [2.45, 2.75) is 32.2 Å². The molecule has 1 fully saturated rings. The van der Waals surface area contributed by atoms with E-state index in [-0.39, 0.29) is 17.2 Å². The van der Waals surface area contributed by atoms with E-state index in [0.717, 1.165) is 12.8 Å². The van der Waals surface area contributed by atoms with Crippen molar-refractivity contribution in [1.82, 2.24) is 5.32 Å². The standard InChI is InChI=1S/C13H18N2O2/c1-13(2,8-3-4-8)15-12(17)10-7-9(16)5-6-11(10)14/h5-8,16H,3-4,14H2,1-2H3,(H,15,17). The summed E-state index contributed by atoms with van der Waals surface area (Å²) in [5, 5.41) is 12.3. The maximum Gasteiger partial charge on any atom is 0.253 e. The number of nitrogen functional groups attached to an aromatic ring is 1. The molecule has 4 nitrogen and oxygen atoms in total. The van der Waals surface area contributed by atoms with Crippen molar-refractivity contribution in [3.8, 4) is 5.75 Å². The van der Waals surface area contributed by atoms with Crippen LogP contribution in [0, 0.1) is 5.92 Å². The van der Waals surface area contributed by atoms with Gasteiger partial charge in [-0.3, -0.25) is 4.79 Å². The average molecular weight is 234 g/mol. The van der Waals surface area contributed by atoms with E-state index in [9.17, 15) is 9.90 Å². The molecule has 4 N–H and O–H groups in total. The minimum Gasteiger partial charge on any atom is -0.508 e. The van der Waals surface area contributed by atoms with Crippen LogP contribution in [0.25, 0.3) is 0 Å². The van der Waals surface area contributed by atoms with Crippen molar-refractivity contribution in [3.05, 3.63) is 23.8 Å². The molecule has 0 aliphatic heterocycles. The van der Waals surface area contributed by atoms with Crippen LogP contribution in [0.2, 0.25) is 0 Å². The SMILES string of the molecule is CC(C)(NC(=O)c1cc(O)ccc1N)C1CC1. The van der Waals surface area contributed by atoms with Crippen LogP contribution >= 0.6 is 0 Å². The summed E-state index contributed by atoms with van der Waals surface area (Å²) >= 11 is 0. The third-order valence-electron chi connectivity index (χ3n) is 3.32. The lowest BCUT2D eigenvalue weighted by atomic mass is 9.98. The van der Waals surface area contributed by atoms with Crippen molar-refractivity contribution in [3.63, 3.8) is 0 Å². The Labute approximate surface area is 101 Å². The largest absolute Gasteiger partial charge is 0.508 e. The van der Waals surface area contributed by atoms with Crippen LogP contribution in [-0.4, -0.2) is 16.6 Å². The Hall–Kier alpha value is -1.71. The van der Waals surface area contributed by atoms with Gasteiger partial charge in [0.25, 0.3) is 5.91 Å². The summed E-state index contributed by atoms with van der Waals surface area (Å²) in [5.41, 5.74) is 6.23. The van der Waals surface area contributed by atoms with Gasteiger partial charge in [0.2, 0.25) is 0 Å². The first-order valence-electron chi connectivity index (χ1n) is 5.81. The van der Waals surface area contributed by atoms with Crippen LogP contribution < -0.4 is 11.1 Å². The Morgan fingerprint density at radius 1 is 1.47 bits per heavy atom. The topological polar surface area (TPSA) is 75.3 Å². The first-order chi connectivity index (χ1) is 7.90. The molecule has 0 heterocycles. The molecule has 1 aliphatic carbocycles. The van der Waals surface area contributed by atoms with E-state index in [1.54, 1.807) is 0 Å². The molecule has 92 valence electrons. The van der Waals surface area contributed by atoms with Gasteiger partial charge in [0.05, 0.1) is 5.56 Å². The second-order valence-electron chi connectivity index (χ2n) is 5.22. The molecular formula is C13H18N2O2. The molecular weight excluding hydrogens is 216 g/mol. The van der Waals surface area contributed by atoms with E-state index in [0.29, 0.717) is 17.2 Å². The molecule has 1 aromatic carbocycles. The highest BCUT2D eigenvalue weighted by molar-refractivity contribution is 5.99. The second-order valence-corrected chi connectivity index (χ2v) is 5.22. The molecule has 0 aromatic heterocycles. The zero-order valence-corrected chi connectivity index (χ0v) is 10.2. The number of hydrogen-bond acceptors (Lipinski definition) is 3. The molecule has 4 heteroatoms. The third kappa shape index (κ3) is 2.52. The van der Waals surface area contributed by atoms with Crippen LogP contribution in [0.1, 0.15) is 37.0 Å². The number of anilines is 1. The first-order valence-corrected chi connectivity index (χ1v) is 5.81. The number of carbonyl (C=O) groups is 1. The van der Waals surface area contributed by atoms with Gasteiger partial charge < -0.3 is 16.2 Å². The Morgan fingerprint density at radius 2 is 2.12 bits per heavy atom. The maximum absolute atomic E-state index is 12.1. The summed E-state index contributed by atoms with van der Waals surface area (Å²) in [6.07, 6.45) is 2.31. The van der Waals surface area contributed by atoms with Gasteiger partial charge in [-0.15, -0.1) is 0 Å². The predicted molar refractivity (Wildman–Crippen MR) is 66.8 cm³/mol. The summed E-state index contributed by atoms with van der Waals surface area (Å²) in [5.74, 6) is 0.369. The number of rotatable bonds is 3. The van der Waals surface area contributed by atoms with Gasteiger partial charge in [-0.2, -0.15) is 0 Å². The second kappa shape index (κ2) is 3.95. The van der Waals surface area contributed by atoms with E-state index in [1.165, 1.54) is 18.2 Å². The van der Waals surface area contributed by atoms with Gasteiger partial charge in [-0.25, -0.2) is 0 Å². The molecule has 0 spiro atoms. The fourth-order valence-electron chi connectivity index (χ4n) is 2.01. The molecule has 0 radical (unpaired) electrons. The summed E-state index contributed by atoms with van der Waals surface area (Å²) in [6, 6.07) is 4.40. The van der Waals surface area contributed by atoms with Crippen LogP contribution in [0.4, 0.5) is 5.69 Å². The Bertz CT molecular complexity index is 451. The molecule has 1 aliphatic rings. The molecule has 1 saturated carbocycles. The lowest BCUT2D eigenvalue weighted by Gasteiger charge is -2.26. The maximum atomic E-state index is 12.1. The zero-order valence-electron chi connectivity index (χ0n) is 10.2. The summed E-state index contributed by atoms with van der Waals surface area (Å²) in [6.45, 7) is 4.03. The van der Waals surface area contributed by atoms with Gasteiger partial charge in [0, 0.05) is 11.2 Å². The Kier molecular flexibility index (Phi) is 2.73. The number of nitrogens with two attached hydrogens (primary N) is 1. The number of benzene rings is 1. The molecule has 17 heavy (non-hydrogen) atoms. The minimum atomic E-state index is -0.227. The third-order valence-corrected chi connectivity index (χ3v) is 3.32. The summed E-state index contributed by atoms with van der Waals surface area (Å²) in [7, 11) is 0. The summed E-state index contributed by atoms with van der Waals surface area (Å²) < 4.78 is 0. The van der Waals surface area contributed by atoms with Crippen molar-refractivity contribution < 1.29 is 9.90 Å². The zero-order chi connectivity index (χ0) is 12.6. The molecule has 0 saturated heterocycles. The number of phenols is 1.